The van der Waals surface area contributed by atoms with Crippen LogP contribution in [0, 0.1) is 0 Å². The Labute approximate surface area is 137 Å². The van der Waals surface area contributed by atoms with E-state index >= 15 is 0 Å². The SMILES string of the molecule is NCCc1c[nH]c2ccc(OCCCCc3ccccc3)cc12. The van der Waals surface area contributed by atoms with Gasteiger partial charge in [0.25, 0.3) is 0 Å². The Balaban J connectivity index is 1.50. The maximum Gasteiger partial charge on any atom is 0.120 e. The molecule has 0 atom stereocenters. The van der Waals surface area contributed by atoms with Gasteiger partial charge in [0.2, 0.25) is 0 Å². The van der Waals surface area contributed by atoms with Crippen LogP contribution in [0.3, 0.4) is 0 Å². The summed E-state index contributed by atoms with van der Waals surface area (Å²) >= 11 is 0. The first kappa shape index (κ1) is 15.6. The van der Waals surface area contributed by atoms with Gasteiger partial charge in [-0.3, -0.25) is 0 Å². The highest BCUT2D eigenvalue weighted by atomic mass is 16.5. The third-order valence-corrected chi connectivity index (χ3v) is 4.12. The van der Waals surface area contributed by atoms with Crippen LogP contribution >= 0.6 is 0 Å². The topological polar surface area (TPSA) is 51.0 Å². The van der Waals surface area contributed by atoms with Crippen molar-refractivity contribution in [2.75, 3.05) is 13.2 Å². The number of aromatic nitrogens is 1. The van der Waals surface area contributed by atoms with Crippen LogP contribution in [-0.4, -0.2) is 18.1 Å². The zero-order chi connectivity index (χ0) is 15.9. The number of aromatic amines is 1. The summed E-state index contributed by atoms with van der Waals surface area (Å²) in [4.78, 5) is 3.28. The Morgan fingerprint density at radius 3 is 2.65 bits per heavy atom. The zero-order valence-electron chi connectivity index (χ0n) is 13.4. The van der Waals surface area contributed by atoms with Crippen molar-refractivity contribution >= 4 is 10.9 Å². The van der Waals surface area contributed by atoms with Crippen LogP contribution in [0.2, 0.25) is 0 Å². The Morgan fingerprint density at radius 2 is 1.83 bits per heavy atom. The predicted molar refractivity (Wildman–Crippen MR) is 95.9 cm³/mol. The van der Waals surface area contributed by atoms with Gasteiger partial charge in [0, 0.05) is 17.1 Å². The summed E-state index contributed by atoms with van der Waals surface area (Å²) < 4.78 is 5.91. The zero-order valence-corrected chi connectivity index (χ0v) is 13.4. The maximum atomic E-state index is 5.91. The summed E-state index contributed by atoms with van der Waals surface area (Å²) in [5, 5.41) is 1.22. The molecule has 120 valence electrons. The van der Waals surface area contributed by atoms with Crippen molar-refractivity contribution < 1.29 is 4.74 Å². The monoisotopic (exact) mass is 308 g/mol. The highest BCUT2D eigenvalue weighted by Gasteiger charge is 2.04. The lowest BCUT2D eigenvalue weighted by Gasteiger charge is -2.07. The van der Waals surface area contributed by atoms with Gasteiger partial charge in [-0.25, -0.2) is 0 Å². The molecule has 0 aliphatic heterocycles. The molecular formula is C20H24N2O. The number of aryl methyl sites for hydroxylation is 1. The molecule has 0 aliphatic rings. The molecule has 0 radical (unpaired) electrons. The first-order chi connectivity index (χ1) is 11.4. The first-order valence-electron chi connectivity index (χ1n) is 8.33. The van der Waals surface area contributed by atoms with E-state index in [0.29, 0.717) is 6.54 Å². The van der Waals surface area contributed by atoms with E-state index in [1.54, 1.807) is 0 Å². The van der Waals surface area contributed by atoms with Crippen molar-refractivity contribution in [1.29, 1.82) is 0 Å². The molecule has 3 N–H and O–H groups in total. The predicted octanol–water partition coefficient (Wildman–Crippen LogP) is 4.07. The first-order valence-corrected chi connectivity index (χ1v) is 8.33. The fourth-order valence-corrected chi connectivity index (χ4v) is 2.88. The van der Waals surface area contributed by atoms with Crippen molar-refractivity contribution in [1.82, 2.24) is 4.98 Å². The van der Waals surface area contributed by atoms with Crippen LogP contribution in [0.5, 0.6) is 5.75 Å². The highest BCUT2D eigenvalue weighted by Crippen LogP contribution is 2.24. The van der Waals surface area contributed by atoms with E-state index in [1.807, 2.05) is 12.3 Å². The van der Waals surface area contributed by atoms with Crippen molar-refractivity contribution in [3.8, 4) is 5.75 Å². The molecule has 0 fully saturated rings. The van der Waals surface area contributed by atoms with Gasteiger partial charge in [0.1, 0.15) is 5.75 Å². The summed E-state index contributed by atoms with van der Waals surface area (Å²) in [6.07, 6.45) is 6.26. The molecule has 3 aromatic rings. The molecule has 3 nitrogen and oxygen atoms in total. The lowest BCUT2D eigenvalue weighted by atomic mass is 10.1. The lowest BCUT2D eigenvalue weighted by molar-refractivity contribution is 0.307. The molecule has 3 heteroatoms. The molecule has 2 aromatic carbocycles. The maximum absolute atomic E-state index is 5.91. The molecule has 0 bridgehead atoms. The number of benzene rings is 2. The van der Waals surface area contributed by atoms with Gasteiger partial charge in [0.05, 0.1) is 6.61 Å². The number of nitrogens with one attached hydrogen (secondary N) is 1. The van der Waals surface area contributed by atoms with Crippen LogP contribution in [0.25, 0.3) is 10.9 Å². The number of hydrogen-bond donors (Lipinski definition) is 2. The van der Waals surface area contributed by atoms with Crippen LogP contribution in [-0.2, 0) is 12.8 Å². The van der Waals surface area contributed by atoms with Gasteiger partial charge < -0.3 is 15.5 Å². The fourth-order valence-electron chi connectivity index (χ4n) is 2.88. The van der Waals surface area contributed by atoms with Crippen molar-refractivity contribution in [3.05, 3.63) is 65.9 Å². The van der Waals surface area contributed by atoms with Gasteiger partial charge in [-0.15, -0.1) is 0 Å². The average Bonchev–Trinajstić information content (AvgIpc) is 2.98. The smallest absolute Gasteiger partial charge is 0.120 e. The molecule has 0 saturated heterocycles. The minimum Gasteiger partial charge on any atom is -0.494 e. The standard InChI is InChI=1S/C20H24N2O/c21-12-11-17-15-22-20-10-9-18(14-19(17)20)23-13-5-4-8-16-6-2-1-3-7-16/h1-3,6-7,9-10,14-15,22H,4-5,8,11-13,21H2. The molecule has 0 amide bonds. The Kier molecular flexibility index (Phi) is 5.33. The second-order valence-electron chi connectivity index (χ2n) is 5.85. The van der Waals surface area contributed by atoms with E-state index in [1.165, 1.54) is 16.5 Å². The summed E-state index contributed by atoms with van der Waals surface area (Å²) in [6.45, 7) is 1.42. The van der Waals surface area contributed by atoms with Crippen molar-refractivity contribution in [2.45, 2.75) is 25.7 Å². The summed E-state index contributed by atoms with van der Waals surface area (Å²) in [5.41, 5.74) is 9.47. The summed E-state index contributed by atoms with van der Waals surface area (Å²) in [5.74, 6) is 0.940. The van der Waals surface area contributed by atoms with Crippen molar-refractivity contribution in [2.24, 2.45) is 5.73 Å². The van der Waals surface area contributed by atoms with E-state index in [0.717, 1.165) is 43.6 Å². The van der Waals surface area contributed by atoms with Crippen molar-refractivity contribution in [3.63, 3.8) is 0 Å². The number of fused-ring (bicyclic) bond motifs is 1. The summed E-state index contributed by atoms with van der Waals surface area (Å²) in [6, 6.07) is 16.8. The van der Waals surface area contributed by atoms with Crippen LogP contribution in [0.4, 0.5) is 0 Å². The Bertz CT molecular complexity index is 734. The number of rotatable bonds is 8. The molecule has 23 heavy (non-hydrogen) atoms. The van der Waals surface area contributed by atoms with Gasteiger partial charge in [-0.05, 0) is 61.6 Å². The summed E-state index contributed by atoms with van der Waals surface area (Å²) in [7, 11) is 0. The van der Waals surface area contributed by atoms with Crippen LogP contribution in [0.1, 0.15) is 24.0 Å². The third kappa shape index (κ3) is 4.14. The minimum atomic E-state index is 0.664. The molecule has 0 saturated carbocycles. The molecular weight excluding hydrogens is 284 g/mol. The van der Waals surface area contributed by atoms with Gasteiger partial charge in [0.15, 0.2) is 0 Å². The molecule has 1 aromatic heterocycles. The Hall–Kier alpha value is -2.26. The molecule has 0 aliphatic carbocycles. The van der Waals surface area contributed by atoms with Gasteiger partial charge in [-0.1, -0.05) is 30.3 Å². The molecule has 0 unspecified atom stereocenters. The van der Waals surface area contributed by atoms with E-state index in [9.17, 15) is 0 Å². The van der Waals surface area contributed by atoms with Gasteiger partial charge in [-0.2, -0.15) is 0 Å². The van der Waals surface area contributed by atoms with Gasteiger partial charge >= 0.3 is 0 Å². The number of unbranched alkanes of at least 4 members (excludes halogenated alkanes) is 1. The normalized spacial score (nSPS) is 11.0. The number of ether oxygens (including phenoxy) is 1. The van der Waals surface area contributed by atoms with E-state index < -0.39 is 0 Å². The lowest BCUT2D eigenvalue weighted by Crippen LogP contribution is -2.02. The Morgan fingerprint density at radius 1 is 0.957 bits per heavy atom. The van der Waals surface area contributed by atoms with Crippen LogP contribution < -0.4 is 10.5 Å². The van der Waals surface area contributed by atoms with Crippen LogP contribution in [0.15, 0.2) is 54.7 Å². The quantitative estimate of drug-likeness (QED) is 0.616. The van der Waals surface area contributed by atoms with E-state index in [-0.39, 0.29) is 0 Å². The number of H-pyrrole nitrogens is 1. The number of hydrogen-bond acceptors (Lipinski definition) is 2. The highest BCUT2D eigenvalue weighted by molar-refractivity contribution is 5.84. The second kappa shape index (κ2) is 7.84. The average molecular weight is 308 g/mol. The minimum absolute atomic E-state index is 0.664. The number of nitrogens with two attached hydrogens (primary N) is 1. The molecule has 1 heterocycles. The molecule has 0 spiro atoms. The third-order valence-electron chi connectivity index (χ3n) is 4.12. The fraction of sp³-hybridized carbons (Fsp3) is 0.300. The molecule has 3 rings (SSSR count). The van der Waals surface area contributed by atoms with E-state index in [2.05, 4.69) is 47.4 Å². The largest absolute Gasteiger partial charge is 0.494 e. The second-order valence-corrected chi connectivity index (χ2v) is 5.85. The van der Waals surface area contributed by atoms with E-state index in [4.69, 9.17) is 10.5 Å².